The largest absolute Gasteiger partial charge is 0.384 e. The first kappa shape index (κ1) is 14.5. The maximum absolute atomic E-state index is 11.0. The van der Waals surface area contributed by atoms with Crippen molar-refractivity contribution in [2.24, 2.45) is 5.41 Å². The summed E-state index contributed by atoms with van der Waals surface area (Å²) >= 11 is 0. The molecule has 7 nitrogen and oxygen atoms in total. The van der Waals surface area contributed by atoms with Gasteiger partial charge in [-0.25, -0.2) is 4.98 Å². The van der Waals surface area contributed by atoms with E-state index >= 15 is 0 Å². The Morgan fingerprint density at radius 3 is 2.75 bits per heavy atom. The molecule has 1 aromatic rings. The van der Waals surface area contributed by atoms with E-state index in [4.69, 9.17) is 5.73 Å². The van der Waals surface area contributed by atoms with E-state index in [1.54, 1.807) is 0 Å². The van der Waals surface area contributed by atoms with Gasteiger partial charge in [-0.15, -0.1) is 0 Å². The molecule has 1 fully saturated rings. The molecule has 0 amide bonds. The van der Waals surface area contributed by atoms with Crippen molar-refractivity contribution < 1.29 is 4.92 Å². The summed E-state index contributed by atoms with van der Waals surface area (Å²) in [7, 11) is 2.11. The first-order chi connectivity index (χ1) is 9.39. The van der Waals surface area contributed by atoms with Crippen molar-refractivity contribution in [3.8, 4) is 0 Å². The highest BCUT2D eigenvalue weighted by atomic mass is 16.6. The smallest absolute Gasteiger partial charge is 0.311 e. The van der Waals surface area contributed by atoms with Gasteiger partial charge in [0.15, 0.2) is 0 Å². The van der Waals surface area contributed by atoms with Gasteiger partial charge in [0.1, 0.15) is 5.82 Å². The number of nitrogens with two attached hydrogens (primary N) is 1. The number of nitro groups is 1. The van der Waals surface area contributed by atoms with E-state index in [0.717, 1.165) is 25.9 Å². The summed E-state index contributed by atoms with van der Waals surface area (Å²) < 4.78 is 0. The summed E-state index contributed by atoms with van der Waals surface area (Å²) in [6.45, 7) is 4.96. The zero-order chi connectivity index (χ0) is 14.8. The maximum atomic E-state index is 11.0. The fourth-order valence-electron chi connectivity index (χ4n) is 2.38. The predicted molar refractivity (Wildman–Crippen MR) is 78.6 cm³/mol. The molecule has 0 saturated carbocycles. The predicted octanol–water partition coefficient (Wildman–Crippen LogP) is 1.72. The molecule has 1 saturated heterocycles. The van der Waals surface area contributed by atoms with Gasteiger partial charge in [-0.05, 0) is 44.5 Å². The average Bonchev–Trinajstić information content (AvgIpc) is 2.40. The summed E-state index contributed by atoms with van der Waals surface area (Å²) in [6.07, 6.45) is 2.12. The number of nitrogen functional groups attached to an aromatic ring is 1. The first-order valence-electron chi connectivity index (χ1n) is 6.73. The van der Waals surface area contributed by atoms with E-state index in [-0.39, 0.29) is 22.7 Å². The molecule has 0 spiro atoms. The molecule has 1 aromatic heterocycles. The minimum atomic E-state index is -0.439. The van der Waals surface area contributed by atoms with Gasteiger partial charge in [0.25, 0.3) is 0 Å². The molecule has 3 N–H and O–H groups in total. The Kier molecular flexibility index (Phi) is 4.08. The Bertz CT molecular complexity index is 498. The molecule has 110 valence electrons. The van der Waals surface area contributed by atoms with Gasteiger partial charge in [0.05, 0.1) is 4.92 Å². The number of anilines is 2. The molecule has 20 heavy (non-hydrogen) atoms. The maximum Gasteiger partial charge on any atom is 0.311 e. The molecule has 1 aliphatic heterocycles. The Morgan fingerprint density at radius 1 is 1.50 bits per heavy atom. The van der Waals surface area contributed by atoms with Crippen LogP contribution in [0.15, 0.2) is 12.1 Å². The van der Waals surface area contributed by atoms with Crippen LogP contribution in [0.3, 0.4) is 0 Å². The fourth-order valence-corrected chi connectivity index (χ4v) is 2.38. The second-order valence-corrected chi connectivity index (χ2v) is 5.83. The third-order valence-electron chi connectivity index (χ3n) is 3.97. The van der Waals surface area contributed by atoms with E-state index in [9.17, 15) is 10.1 Å². The molecule has 1 aliphatic rings. The van der Waals surface area contributed by atoms with E-state index in [2.05, 4.69) is 29.2 Å². The highest BCUT2D eigenvalue weighted by molar-refractivity contribution is 5.59. The van der Waals surface area contributed by atoms with Crippen molar-refractivity contribution in [2.45, 2.75) is 19.8 Å². The molecule has 2 heterocycles. The van der Waals surface area contributed by atoms with Crippen LogP contribution < -0.4 is 11.1 Å². The zero-order valence-electron chi connectivity index (χ0n) is 11.9. The van der Waals surface area contributed by atoms with Crippen LogP contribution in [-0.2, 0) is 0 Å². The molecule has 0 aromatic carbocycles. The quantitative estimate of drug-likeness (QED) is 0.643. The second kappa shape index (κ2) is 5.62. The summed E-state index contributed by atoms with van der Waals surface area (Å²) in [5, 5.41) is 14.1. The molecule has 0 unspecified atom stereocenters. The second-order valence-electron chi connectivity index (χ2n) is 5.83. The summed E-state index contributed by atoms with van der Waals surface area (Å²) in [6, 6.07) is 2.84. The number of pyridine rings is 1. The van der Waals surface area contributed by atoms with Crippen LogP contribution >= 0.6 is 0 Å². The summed E-state index contributed by atoms with van der Waals surface area (Å²) in [5.74, 6) is 0.543. The van der Waals surface area contributed by atoms with Crippen LogP contribution in [0.4, 0.5) is 17.3 Å². The molecule has 2 rings (SSSR count). The number of nitrogens with one attached hydrogen (secondary N) is 1. The molecule has 0 aliphatic carbocycles. The van der Waals surface area contributed by atoms with Gasteiger partial charge in [0.2, 0.25) is 5.82 Å². The SMILES string of the molecule is CN1CCC(C)(CNc2nc(N)ccc2[N+](=O)[O-])CC1. The van der Waals surface area contributed by atoms with E-state index in [0.29, 0.717) is 6.54 Å². The van der Waals surface area contributed by atoms with Crippen LogP contribution in [0.2, 0.25) is 0 Å². The molecule has 0 radical (unpaired) electrons. The van der Waals surface area contributed by atoms with Gasteiger partial charge >= 0.3 is 5.69 Å². The minimum absolute atomic E-state index is 0.0317. The lowest BCUT2D eigenvalue weighted by Gasteiger charge is -2.38. The molecule has 7 heteroatoms. The third kappa shape index (κ3) is 3.36. The average molecular weight is 279 g/mol. The van der Waals surface area contributed by atoms with Crippen LogP contribution in [0.25, 0.3) is 0 Å². The molecule has 0 bridgehead atoms. The summed E-state index contributed by atoms with van der Waals surface area (Å²) in [4.78, 5) is 16.9. The summed E-state index contributed by atoms with van der Waals surface area (Å²) in [5.41, 5.74) is 5.71. The van der Waals surface area contributed by atoms with Crippen molar-refractivity contribution in [3.63, 3.8) is 0 Å². The normalized spacial score (nSPS) is 18.7. The number of hydrogen-bond donors (Lipinski definition) is 2. The van der Waals surface area contributed by atoms with Gasteiger partial charge < -0.3 is 16.0 Å². The number of aromatic nitrogens is 1. The van der Waals surface area contributed by atoms with Crippen molar-refractivity contribution in [3.05, 3.63) is 22.2 Å². The lowest BCUT2D eigenvalue weighted by atomic mass is 9.80. The number of likely N-dealkylation sites (tertiary alicyclic amines) is 1. The van der Waals surface area contributed by atoms with Crippen LogP contribution in [-0.4, -0.2) is 41.5 Å². The van der Waals surface area contributed by atoms with Gasteiger partial charge in [-0.2, -0.15) is 0 Å². The number of hydrogen-bond acceptors (Lipinski definition) is 6. The standard InChI is InChI=1S/C13H21N5O2/c1-13(5-7-17(2)8-6-13)9-15-12-10(18(19)20)3-4-11(14)16-12/h3-4H,5-9H2,1-2H3,(H3,14,15,16). The number of rotatable bonds is 4. The van der Waals surface area contributed by atoms with E-state index in [1.807, 2.05) is 0 Å². The Labute approximate surface area is 118 Å². The number of nitrogens with zero attached hydrogens (tertiary/aromatic N) is 3. The van der Waals surface area contributed by atoms with Gasteiger partial charge in [-0.1, -0.05) is 6.92 Å². The van der Waals surface area contributed by atoms with Crippen molar-refractivity contribution in [2.75, 3.05) is 37.7 Å². The van der Waals surface area contributed by atoms with Crippen LogP contribution in [0.1, 0.15) is 19.8 Å². The lowest BCUT2D eigenvalue weighted by molar-refractivity contribution is -0.384. The van der Waals surface area contributed by atoms with E-state index in [1.165, 1.54) is 12.1 Å². The van der Waals surface area contributed by atoms with Crippen molar-refractivity contribution in [1.82, 2.24) is 9.88 Å². The van der Waals surface area contributed by atoms with Crippen molar-refractivity contribution >= 4 is 17.3 Å². The lowest BCUT2D eigenvalue weighted by Crippen LogP contribution is -2.40. The van der Waals surface area contributed by atoms with Crippen LogP contribution in [0.5, 0.6) is 0 Å². The fraction of sp³-hybridized carbons (Fsp3) is 0.615. The highest BCUT2D eigenvalue weighted by Gasteiger charge is 2.29. The number of piperidine rings is 1. The van der Waals surface area contributed by atoms with Crippen molar-refractivity contribution in [1.29, 1.82) is 0 Å². The zero-order valence-corrected chi connectivity index (χ0v) is 11.9. The third-order valence-corrected chi connectivity index (χ3v) is 3.97. The Balaban J connectivity index is 2.07. The van der Waals surface area contributed by atoms with Crippen LogP contribution in [0, 0.1) is 15.5 Å². The molecular formula is C13H21N5O2. The van der Waals surface area contributed by atoms with Gasteiger partial charge in [0, 0.05) is 12.6 Å². The Hall–Kier alpha value is -1.89. The topological polar surface area (TPSA) is 97.3 Å². The van der Waals surface area contributed by atoms with E-state index < -0.39 is 4.92 Å². The van der Waals surface area contributed by atoms with Gasteiger partial charge in [-0.3, -0.25) is 10.1 Å². The first-order valence-corrected chi connectivity index (χ1v) is 6.73. The Morgan fingerprint density at radius 2 is 2.15 bits per heavy atom. The molecule has 0 atom stereocenters. The monoisotopic (exact) mass is 279 g/mol. The minimum Gasteiger partial charge on any atom is -0.384 e. The molecular weight excluding hydrogens is 258 g/mol. The highest BCUT2D eigenvalue weighted by Crippen LogP contribution is 2.32.